The van der Waals surface area contributed by atoms with Crippen LogP contribution in [0.5, 0.6) is 0 Å². The second-order valence-electron chi connectivity index (χ2n) is 5.49. The number of carbonyl (C=O) groups excluding carboxylic acids is 1. The first-order valence-corrected chi connectivity index (χ1v) is 7.72. The van der Waals surface area contributed by atoms with Gasteiger partial charge >= 0.3 is 0 Å². The van der Waals surface area contributed by atoms with Gasteiger partial charge in [0.1, 0.15) is 17.8 Å². The Morgan fingerprint density at radius 3 is 3.00 bits per heavy atom. The summed E-state index contributed by atoms with van der Waals surface area (Å²) in [6.45, 7) is 0.339. The van der Waals surface area contributed by atoms with Crippen LogP contribution in [0.3, 0.4) is 0 Å². The highest BCUT2D eigenvalue weighted by atomic mass is 19.1. The maximum absolute atomic E-state index is 13.2. The van der Waals surface area contributed by atoms with Crippen molar-refractivity contribution in [1.82, 2.24) is 25.0 Å². The van der Waals surface area contributed by atoms with Gasteiger partial charge in [0.05, 0.1) is 12.8 Å². The average molecular weight is 352 g/mol. The molecule has 3 aromatic heterocycles. The van der Waals surface area contributed by atoms with Crippen molar-refractivity contribution in [1.29, 1.82) is 0 Å². The molecule has 2 N–H and O–H groups in total. The largest absolute Gasteiger partial charge is 0.463 e. The molecule has 0 aliphatic carbocycles. The standard InChI is InChI=1S/C17H13FN6O2/c18-12-4-1-3-11(7-12)9-24-10-19-17(23-24)20-16(25)14-8-13(21-22-14)15-5-2-6-26-15/h1-8,10H,9H2,(H,21,22)(H,20,23,25). The number of amides is 1. The van der Waals surface area contributed by atoms with Crippen molar-refractivity contribution in [3.8, 4) is 11.5 Å². The van der Waals surface area contributed by atoms with E-state index in [2.05, 4.69) is 25.6 Å². The summed E-state index contributed by atoms with van der Waals surface area (Å²) in [7, 11) is 0. The predicted octanol–water partition coefficient (Wildman–Crippen LogP) is 2.70. The van der Waals surface area contributed by atoms with E-state index in [0.29, 0.717) is 18.0 Å². The minimum Gasteiger partial charge on any atom is -0.463 e. The molecule has 4 rings (SSSR count). The smallest absolute Gasteiger partial charge is 0.278 e. The van der Waals surface area contributed by atoms with E-state index in [1.807, 2.05) is 0 Å². The maximum atomic E-state index is 13.2. The molecular weight excluding hydrogens is 339 g/mol. The Kier molecular flexibility index (Phi) is 4.02. The monoisotopic (exact) mass is 352 g/mol. The first kappa shape index (κ1) is 15.8. The third kappa shape index (κ3) is 3.36. The Balaban J connectivity index is 1.43. The summed E-state index contributed by atoms with van der Waals surface area (Å²) in [5.74, 6) is -0.0624. The quantitative estimate of drug-likeness (QED) is 0.575. The topological polar surface area (TPSA) is 102 Å². The van der Waals surface area contributed by atoms with Gasteiger partial charge in [0.25, 0.3) is 5.91 Å². The minimum atomic E-state index is -0.456. The number of carbonyl (C=O) groups is 1. The molecule has 0 aliphatic heterocycles. The van der Waals surface area contributed by atoms with E-state index in [1.165, 1.54) is 29.4 Å². The molecule has 0 aliphatic rings. The van der Waals surface area contributed by atoms with Crippen molar-refractivity contribution in [2.45, 2.75) is 6.54 Å². The third-order valence-electron chi connectivity index (χ3n) is 3.59. The summed E-state index contributed by atoms with van der Waals surface area (Å²) in [6, 6.07) is 11.3. The van der Waals surface area contributed by atoms with Crippen LogP contribution >= 0.6 is 0 Å². The maximum Gasteiger partial charge on any atom is 0.278 e. The van der Waals surface area contributed by atoms with Crippen LogP contribution in [0, 0.1) is 5.82 Å². The lowest BCUT2D eigenvalue weighted by molar-refractivity contribution is 0.102. The lowest BCUT2D eigenvalue weighted by Crippen LogP contribution is -2.14. The molecule has 0 unspecified atom stereocenters. The van der Waals surface area contributed by atoms with Crippen LogP contribution in [-0.4, -0.2) is 30.9 Å². The van der Waals surface area contributed by atoms with Gasteiger partial charge in [0.2, 0.25) is 5.95 Å². The molecule has 0 spiro atoms. The van der Waals surface area contributed by atoms with Gasteiger partial charge in [0.15, 0.2) is 11.5 Å². The van der Waals surface area contributed by atoms with Crippen LogP contribution in [0.25, 0.3) is 11.5 Å². The zero-order chi connectivity index (χ0) is 17.9. The van der Waals surface area contributed by atoms with Gasteiger partial charge in [-0.1, -0.05) is 12.1 Å². The predicted molar refractivity (Wildman–Crippen MR) is 89.8 cm³/mol. The normalized spacial score (nSPS) is 10.8. The molecule has 8 nitrogen and oxygen atoms in total. The van der Waals surface area contributed by atoms with E-state index in [0.717, 1.165) is 5.56 Å². The summed E-state index contributed by atoms with van der Waals surface area (Å²) in [4.78, 5) is 16.3. The highest BCUT2D eigenvalue weighted by molar-refractivity contribution is 6.02. The van der Waals surface area contributed by atoms with Crippen LogP contribution in [0.2, 0.25) is 0 Å². The Bertz CT molecular complexity index is 1040. The fourth-order valence-electron chi connectivity index (χ4n) is 2.41. The highest BCUT2D eigenvalue weighted by Gasteiger charge is 2.14. The summed E-state index contributed by atoms with van der Waals surface area (Å²) in [5.41, 5.74) is 1.51. The van der Waals surface area contributed by atoms with Crippen molar-refractivity contribution in [2.75, 3.05) is 5.32 Å². The Morgan fingerprint density at radius 1 is 1.27 bits per heavy atom. The van der Waals surface area contributed by atoms with Crippen LogP contribution in [0.4, 0.5) is 10.3 Å². The molecule has 1 amide bonds. The van der Waals surface area contributed by atoms with Crippen molar-refractivity contribution in [3.63, 3.8) is 0 Å². The SMILES string of the molecule is O=C(Nc1ncn(Cc2cccc(F)c2)n1)c1cc(-c2ccco2)[nH]n1. The number of benzene rings is 1. The minimum absolute atomic E-state index is 0.133. The summed E-state index contributed by atoms with van der Waals surface area (Å²) in [5, 5.41) is 13.4. The van der Waals surface area contributed by atoms with E-state index in [4.69, 9.17) is 4.42 Å². The van der Waals surface area contributed by atoms with E-state index in [1.54, 1.807) is 30.3 Å². The number of nitrogens with one attached hydrogen (secondary N) is 2. The molecule has 0 atom stereocenters. The van der Waals surface area contributed by atoms with Crippen LogP contribution < -0.4 is 5.32 Å². The molecule has 0 saturated carbocycles. The number of H-pyrrole nitrogens is 1. The van der Waals surface area contributed by atoms with Crippen LogP contribution in [-0.2, 0) is 6.54 Å². The van der Waals surface area contributed by atoms with Crippen molar-refractivity contribution in [2.24, 2.45) is 0 Å². The fourth-order valence-corrected chi connectivity index (χ4v) is 2.41. The molecule has 0 saturated heterocycles. The number of halogens is 1. The number of rotatable bonds is 5. The lowest BCUT2D eigenvalue weighted by atomic mass is 10.2. The zero-order valence-corrected chi connectivity index (χ0v) is 13.4. The van der Waals surface area contributed by atoms with Gasteiger partial charge in [0, 0.05) is 6.07 Å². The van der Waals surface area contributed by atoms with Gasteiger partial charge < -0.3 is 4.42 Å². The first-order chi connectivity index (χ1) is 12.7. The molecule has 4 aromatic rings. The van der Waals surface area contributed by atoms with E-state index < -0.39 is 5.91 Å². The van der Waals surface area contributed by atoms with Crippen molar-refractivity contribution >= 4 is 11.9 Å². The second kappa shape index (κ2) is 6.63. The van der Waals surface area contributed by atoms with E-state index >= 15 is 0 Å². The number of hydrogen-bond acceptors (Lipinski definition) is 5. The second-order valence-corrected chi connectivity index (χ2v) is 5.49. The number of furan rings is 1. The fraction of sp³-hybridized carbons (Fsp3) is 0.0588. The van der Waals surface area contributed by atoms with Gasteiger partial charge in [-0.05, 0) is 29.8 Å². The number of hydrogen-bond donors (Lipinski definition) is 2. The number of nitrogens with zero attached hydrogens (tertiary/aromatic N) is 4. The summed E-state index contributed by atoms with van der Waals surface area (Å²) >= 11 is 0. The summed E-state index contributed by atoms with van der Waals surface area (Å²) < 4.78 is 20.0. The van der Waals surface area contributed by atoms with Crippen LogP contribution in [0.15, 0.2) is 59.5 Å². The van der Waals surface area contributed by atoms with Crippen LogP contribution in [0.1, 0.15) is 16.1 Å². The molecule has 0 fully saturated rings. The molecular formula is C17H13FN6O2. The molecule has 130 valence electrons. The Morgan fingerprint density at radius 2 is 2.19 bits per heavy atom. The average Bonchev–Trinajstić information content (AvgIpc) is 3.36. The van der Waals surface area contributed by atoms with Gasteiger partial charge in [-0.25, -0.2) is 14.1 Å². The number of aromatic nitrogens is 5. The zero-order valence-electron chi connectivity index (χ0n) is 13.4. The molecule has 1 aromatic carbocycles. The van der Waals surface area contributed by atoms with Gasteiger partial charge in [-0.15, -0.1) is 5.10 Å². The molecule has 0 bridgehead atoms. The highest BCUT2D eigenvalue weighted by Crippen LogP contribution is 2.18. The molecule has 9 heteroatoms. The van der Waals surface area contributed by atoms with Crippen molar-refractivity contribution in [3.05, 3.63) is 72.1 Å². The summed E-state index contributed by atoms with van der Waals surface area (Å²) in [6.07, 6.45) is 2.99. The van der Waals surface area contributed by atoms with E-state index in [9.17, 15) is 9.18 Å². The third-order valence-corrected chi connectivity index (χ3v) is 3.59. The van der Waals surface area contributed by atoms with Crippen molar-refractivity contribution < 1.29 is 13.6 Å². The molecule has 3 heterocycles. The Labute approximate surface area is 146 Å². The molecule has 0 radical (unpaired) electrons. The van der Waals surface area contributed by atoms with E-state index in [-0.39, 0.29) is 17.5 Å². The van der Waals surface area contributed by atoms with Gasteiger partial charge in [-0.3, -0.25) is 15.2 Å². The number of anilines is 1. The first-order valence-electron chi connectivity index (χ1n) is 7.72. The molecule has 26 heavy (non-hydrogen) atoms. The number of aromatic amines is 1. The Hall–Kier alpha value is -3.75. The lowest BCUT2D eigenvalue weighted by Gasteiger charge is -2.01. The van der Waals surface area contributed by atoms with Gasteiger partial charge in [-0.2, -0.15) is 5.10 Å².